The van der Waals surface area contributed by atoms with E-state index in [2.05, 4.69) is 6.92 Å². The van der Waals surface area contributed by atoms with E-state index in [9.17, 15) is 9.59 Å². The van der Waals surface area contributed by atoms with Crippen LogP contribution in [0.5, 0.6) is 5.75 Å². The van der Waals surface area contributed by atoms with Crippen molar-refractivity contribution in [3.63, 3.8) is 0 Å². The monoisotopic (exact) mass is 205 g/mol. The summed E-state index contributed by atoms with van der Waals surface area (Å²) in [4.78, 5) is 21.7. The number of benzene rings is 1. The fourth-order valence-electron chi connectivity index (χ4n) is 1.22. The number of esters is 1. The molecular formula is C12H13O3. The van der Waals surface area contributed by atoms with Gasteiger partial charge < -0.3 is 4.74 Å². The molecule has 0 aromatic heterocycles. The van der Waals surface area contributed by atoms with Gasteiger partial charge in [-0.2, -0.15) is 0 Å². The van der Waals surface area contributed by atoms with E-state index in [1.54, 1.807) is 26.0 Å². The largest absolute Gasteiger partial charge is 0.426 e. The number of aldehydes is 1. The molecule has 79 valence electrons. The van der Waals surface area contributed by atoms with Gasteiger partial charge in [0.1, 0.15) is 12.0 Å². The molecule has 0 unspecified atom stereocenters. The minimum Gasteiger partial charge on any atom is -0.426 e. The highest BCUT2D eigenvalue weighted by Crippen LogP contribution is 2.22. The summed E-state index contributed by atoms with van der Waals surface area (Å²) in [5.74, 6) is 0.114. The van der Waals surface area contributed by atoms with Gasteiger partial charge in [0, 0.05) is 12.0 Å². The van der Waals surface area contributed by atoms with Gasteiger partial charge in [0.25, 0.3) is 0 Å². The van der Waals surface area contributed by atoms with Crippen LogP contribution >= 0.6 is 0 Å². The molecule has 0 fully saturated rings. The van der Waals surface area contributed by atoms with Crippen molar-refractivity contribution in [3.8, 4) is 5.75 Å². The molecule has 1 rings (SSSR count). The quantitative estimate of drug-likeness (QED) is 0.432. The van der Waals surface area contributed by atoms with Crippen LogP contribution in [0.15, 0.2) is 12.1 Å². The third-order valence-corrected chi connectivity index (χ3v) is 2.12. The highest BCUT2D eigenvalue weighted by atomic mass is 16.5. The molecule has 0 saturated carbocycles. The van der Waals surface area contributed by atoms with E-state index in [4.69, 9.17) is 4.74 Å². The maximum Gasteiger partial charge on any atom is 0.311 e. The number of hydrogen-bond donors (Lipinski definition) is 0. The van der Waals surface area contributed by atoms with Crippen LogP contribution in [0.25, 0.3) is 0 Å². The Morgan fingerprint density at radius 2 is 2.07 bits per heavy atom. The predicted molar refractivity (Wildman–Crippen MR) is 56.9 cm³/mol. The van der Waals surface area contributed by atoms with Crippen molar-refractivity contribution in [3.05, 3.63) is 35.7 Å². The Hall–Kier alpha value is -1.64. The minimum atomic E-state index is -0.378. The molecule has 0 aliphatic heterocycles. The van der Waals surface area contributed by atoms with E-state index in [1.807, 2.05) is 0 Å². The first kappa shape index (κ1) is 11.4. The molecule has 0 amide bonds. The zero-order chi connectivity index (χ0) is 11.4. The molecule has 15 heavy (non-hydrogen) atoms. The van der Waals surface area contributed by atoms with Crippen LogP contribution in [0.2, 0.25) is 0 Å². The number of carbonyl (C=O) groups is 2. The molecule has 0 N–H and O–H groups in total. The fraction of sp³-hybridized carbons (Fsp3) is 0.250. The van der Waals surface area contributed by atoms with Crippen molar-refractivity contribution < 1.29 is 14.3 Å². The lowest BCUT2D eigenvalue weighted by molar-refractivity contribution is -0.133. The van der Waals surface area contributed by atoms with Crippen LogP contribution in [-0.2, 0) is 4.79 Å². The number of rotatable bonds is 3. The van der Waals surface area contributed by atoms with E-state index < -0.39 is 0 Å². The molecule has 0 aliphatic rings. The van der Waals surface area contributed by atoms with Crippen molar-refractivity contribution in [2.45, 2.75) is 20.3 Å². The summed E-state index contributed by atoms with van der Waals surface area (Å²) >= 11 is 0. The van der Waals surface area contributed by atoms with Crippen molar-refractivity contribution in [1.82, 2.24) is 0 Å². The normalized spacial score (nSPS) is 9.80. The third kappa shape index (κ3) is 2.65. The molecule has 0 bridgehead atoms. The third-order valence-electron chi connectivity index (χ3n) is 2.12. The number of aryl methyl sites for hydroxylation is 2. The fourth-order valence-corrected chi connectivity index (χ4v) is 1.22. The van der Waals surface area contributed by atoms with E-state index >= 15 is 0 Å². The molecule has 0 spiro atoms. The zero-order valence-corrected chi connectivity index (χ0v) is 8.87. The van der Waals surface area contributed by atoms with Gasteiger partial charge in [-0.1, -0.05) is 0 Å². The molecular weight excluding hydrogens is 192 g/mol. The molecule has 3 heteroatoms. The maximum absolute atomic E-state index is 11.0. The molecule has 0 aliphatic carbocycles. The Kier molecular flexibility index (Phi) is 3.61. The van der Waals surface area contributed by atoms with Crippen LogP contribution in [-0.4, -0.2) is 12.3 Å². The van der Waals surface area contributed by atoms with E-state index in [0.29, 0.717) is 11.3 Å². The maximum atomic E-state index is 11.0. The summed E-state index contributed by atoms with van der Waals surface area (Å²) in [6.45, 7) is 7.02. The van der Waals surface area contributed by atoms with Crippen molar-refractivity contribution >= 4 is 12.3 Å². The predicted octanol–water partition coefficient (Wildman–Crippen LogP) is 2.25. The summed E-state index contributed by atoms with van der Waals surface area (Å²) in [5.41, 5.74) is 2.17. The Morgan fingerprint density at radius 1 is 1.40 bits per heavy atom. The first-order chi connectivity index (χ1) is 7.08. The molecule has 1 radical (unpaired) electrons. The molecule has 1 aromatic carbocycles. The standard InChI is InChI=1S/C12H13O3/c1-4-12(14)15-11-6-8(2)10(7-13)5-9(11)3/h5-7H,1,4H2,2-3H3. The average Bonchev–Trinajstić information content (AvgIpc) is 2.22. The van der Waals surface area contributed by atoms with Crippen LogP contribution in [0.1, 0.15) is 27.9 Å². The Bertz CT molecular complexity index is 394. The second kappa shape index (κ2) is 4.73. The highest BCUT2D eigenvalue weighted by molar-refractivity contribution is 5.79. The van der Waals surface area contributed by atoms with E-state index in [0.717, 1.165) is 17.4 Å². The topological polar surface area (TPSA) is 43.4 Å². The highest BCUT2D eigenvalue weighted by Gasteiger charge is 2.08. The lowest BCUT2D eigenvalue weighted by atomic mass is 10.1. The molecule has 0 saturated heterocycles. The van der Waals surface area contributed by atoms with Crippen molar-refractivity contribution in [2.24, 2.45) is 0 Å². The smallest absolute Gasteiger partial charge is 0.311 e. The Labute approximate surface area is 89.1 Å². The lowest BCUT2D eigenvalue weighted by Gasteiger charge is -2.08. The van der Waals surface area contributed by atoms with Crippen molar-refractivity contribution in [1.29, 1.82) is 0 Å². The number of hydrogen-bond acceptors (Lipinski definition) is 3. The molecule has 1 aromatic rings. The van der Waals surface area contributed by atoms with E-state index in [1.165, 1.54) is 0 Å². The van der Waals surface area contributed by atoms with Crippen LogP contribution < -0.4 is 4.74 Å². The molecule has 3 nitrogen and oxygen atoms in total. The summed E-state index contributed by atoms with van der Waals surface area (Å²) < 4.78 is 5.06. The van der Waals surface area contributed by atoms with Gasteiger partial charge in [0.2, 0.25) is 0 Å². The first-order valence-electron chi connectivity index (χ1n) is 4.65. The summed E-state index contributed by atoms with van der Waals surface area (Å²) in [6, 6.07) is 3.39. The summed E-state index contributed by atoms with van der Waals surface area (Å²) in [5, 5.41) is 0. The van der Waals surface area contributed by atoms with Crippen LogP contribution in [0, 0.1) is 20.8 Å². The SMILES string of the molecule is [CH2]CC(=O)Oc1cc(C)c(C=O)cc1C. The zero-order valence-electron chi connectivity index (χ0n) is 8.87. The van der Waals surface area contributed by atoms with Crippen LogP contribution in [0.4, 0.5) is 0 Å². The summed E-state index contributed by atoms with van der Waals surface area (Å²) in [6.07, 6.45) is 0.878. The van der Waals surface area contributed by atoms with Crippen molar-refractivity contribution in [2.75, 3.05) is 0 Å². The van der Waals surface area contributed by atoms with E-state index in [-0.39, 0.29) is 12.4 Å². The molecule has 0 atom stereocenters. The van der Waals surface area contributed by atoms with Gasteiger partial charge in [-0.3, -0.25) is 9.59 Å². The van der Waals surface area contributed by atoms with Gasteiger partial charge in [0.15, 0.2) is 0 Å². The Morgan fingerprint density at radius 3 is 2.60 bits per heavy atom. The van der Waals surface area contributed by atoms with Gasteiger partial charge in [0.05, 0.1) is 0 Å². The van der Waals surface area contributed by atoms with Gasteiger partial charge in [-0.25, -0.2) is 0 Å². The molecule has 0 heterocycles. The van der Waals surface area contributed by atoms with Gasteiger partial charge >= 0.3 is 5.97 Å². The summed E-state index contributed by atoms with van der Waals surface area (Å²) in [7, 11) is 0. The van der Waals surface area contributed by atoms with Crippen LogP contribution in [0.3, 0.4) is 0 Å². The first-order valence-corrected chi connectivity index (χ1v) is 4.65. The minimum absolute atomic E-state index is 0.0912. The Balaban J connectivity index is 3.05. The van der Waals surface area contributed by atoms with Gasteiger partial charge in [-0.05, 0) is 44.0 Å². The number of carbonyl (C=O) groups excluding carboxylic acids is 2. The second-order valence-electron chi connectivity index (χ2n) is 3.32. The van der Waals surface area contributed by atoms with Gasteiger partial charge in [-0.15, -0.1) is 0 Å². The number of ether oxygens (including phenoxy) is 1. The lowest BCUT2D eigenvalue weighted by Crippen LogP contribution is -2.07. The average molecular weight is 205 g/mol. The second-order valence-corrected chi connectivity index (χ2v) is 3.32.